The van der Waals surface area contributed by atoms with Gasteiger partial charge in [0, 0.05) is 5.56 Å². The molecule has 0 atom stereocenters. The summed E-state index contributed by atoms with van der Waals surface area (Å²) in [4.78, 5) is 24.6. The second kappa shape index (κ2) is 9.84. The average Bonchev–Trinajstić information content (AvgIpc) is 3.06. The topological polar surface area (TPSA) is 67.4 Å². The predicted octanol–water partition coefficient (Wildman–Crippen LogP) is 4.09. The Hall–Kier alpha value is -2.34. The third kappa shape index (κ3) is 5.90. The zero-order chi connectivity index (χ0) is 18.1. The largest absolute Gasteiger partial charge is 0.494 e. The summed E-state index contributed by atoms with van der Waals surface area (Å²) in [5.41, 5.74) is 6.21. The van der Waals surface area contributed by atoms with E-state index >= 15 is 0 Å². The molecule has 25 heavy (non-hydrogen) atoms. The molecule has 6 heteroatoms. The number of benzene rings is 1. The molecule has 0 aliphatic heterocycles. The van der Waals surface area contributed by atoms with Crippen LogP contribution in [0.2, 0.25) is 0 Å². The lowest BCUT2D eigenvalue weighted by atomic mass is 10.2. The monoisotopic (exact) mass is 360 g/mol. The van der Waals surface area contributed by atoms with Crippen molar-refractivity contribution >= 4 is 23.2 Å². The molecule has 134 valence electrons. The summed E-state index contributed by atoms with van der Waals surface area (Å²) < 4.78 is 5.65. The molecule has 0 bridgehead atoms. The number of thiophene rings is 1. The molecule has 0 aliphatic rings. The van der Waals surface area contributed by atoms with E-state index in [1.54, 1.807) is 24.3 Å². The minimum absolute atomic E-state index is 0.312. The number of hydrogen-bond acceptors (Lipinski definition) is 4. The van der Waals surface area contributed by atoms with E-state index in [-0.39, 0.29) is 11.8 Å². The summed E-state index contributed by atoms with van der Waals surface area (Å²) in [5, 5.41) is 1.84. The number of rotatable bonds is 8. The molecule has 0 saturated carbocycles. The van der Waals surface area contributed by atoms with Gasteiger partial charge in [0.15, 0.2) is 0 Å². The van der Waals surface area contributed by atoms with E-state index in [0.29, 0.717) is 17.0 Å². The molecule has 2 rings (SSSR count). The van der Waals surface area contributed by atoms with Gasteiger partial charge in [-0.1, -0.05) is 26.2 Å². The van der Waals surface area contributed by atoms with E-state index in [1.165, 1.54) is 30.6 Å². The first-order valence-corrected chi connectivity index (χ1v) is 9.37. The normalized spacial score (nSPS) is 10.3. The van der Waals surface area contributed by atoms with E-state index in [1.807, 2.05) is 18.4 Å². The Labute approximate surface area is 152 Å². The number of hydrazine groups is 1. The molecular weight excluding hydrogens is 336 g/mol. The first-order chi connectivity index (χ1) is 12.1. The second-order valence-corrected chi connectivity index (χ2v) is 6.69. The zero-order valence-electron chi connectivity index (χ0n) is 14.6. The van der Waals surface area contributed by atoms with Crippen molar-refractivity contribution < 1.29 is 14.3 Å². The van der Waals surface area contributed by atoms with Crippen LogP contribution in [0.1, 0.15) is 58.2 Å². The molecule has 2 N–H and O–H groups in total. The summed E-state index contributed by atoms with van der Waals surface area (Å²) in [5.74, 6) is 0.0660. The summed E-state index contributed by atoms with van der Waals surface area (Å²) in [7, 11) is 0. The number of ether oxygens (including phenoxy) is 1. The van der Waals surface area contributed by atoms with E-state index in [0.717, 1.165) is 17.7 Å². The van der Waals surface area contributed by atoms with Gasteiger partial charge in [0.2, 0.25) is 0 Å². The van der Waals surface area contributed by atoms with Crippen molar-refractivity contribution in [2.45, 2.75) is 39.5 Å². The maximum Gasteiger partial charge on any atom is 0.280 e. The van der Waals surface area contributed by atoms with Gasteiger partial charge >= 0.3 is 0 Å². The third-order valence-corrected chi connectivity index (χ3v) is 4.76. The molecule has 0 unspecified atom stereocenters. The van der Waals surface area contributed by atoms with Crippen LogP contribution in [0.4, 0.5) is 0 Å². The molecule has 0 spiro atoms. The van der Waals surface area contributed by atoms with E-state index < -0.39 is 0 Å². The van der Waals surface area contributed by atoms with Crippen molar-refractivity contribution in [2.75, 3.05) is 6.61 Å². The molecular formula is C19H24N2O3S. The van der Waals surface area contributed by atoms with E-state index in [9.17, 15) is 9.59 Å². The highest BCUT2D eigenvalue weighted by molar-refractivity contribution is 7.12. The quantitative estimate of drug-likeness (QED) is 0.550. The van der Waals surface area contributed by atoms with E-state index in [2.05, 4.69) is 17.8 Å². The van der Waals surface area contributed by atoms with Crippen LogP contribution in [-0.4, -0.2) is 18.4 Å². The van der Waals surface area contributed by atoms with E-state index in [4.69, 9.17) is 4.74 Å². The minimum atomic E-state index is -0.364. The smallest absolute Gasteiger partial charge is 0.280 e. The number of hydrogen-bond donors (Lipinski definition) is 2. The highest BCUT2D eigenvalue weighted by atomic mass is 32.1. The van der Waals surface area contributed by atoms with Crippen LogP contribution in [0.25, 0.3) is 0 Å². The van der Waals surface area contributed by atoms with Crippen LogP contribution in [0.3, 0.4) is 0 Å². The predicted molar refractivity (Wildman–Crippen MR) is 100 cm³/mol. The van der Waals surface area contributed by atoms with Crippen molar-refractivity contribution in [2.24, 2.45) is 0 Å². The van der Waals surface area contributed by atoms with Gasteiger partial charge in [0.1, 0.15) is 5.75 Å². The first kappa shape index (κ1) is 19.0. The minimum Gasteiger partial charge on any atom is -0.494 e. The van der Waals surface area contributed by atoms with Gasteiger partial charge in [-0.3, -0.25) is 20.4 Å². The number of amides is 2. The standard InChI is InChI=1S/C19H24N2O3S/c1-3-4-5-6-12-24-16-9-7-15(8-10-16)18(22)20-21-19(23)17-14(2)11-13-25-17/h7-11,13H,3-6,12H2,1-2H3,(H,20,22)(H,21,23). The van der Waals surface area contributed by atoms with Crippen molar-refractivity contribution in [3.05, 3.63) is 51.7 Å². The van der Waals surface area contributed by atoms with Gasteiger partial charge in [-0.15, -0.1) is 11.3 Å². The summed E-state index contributed by atoms with van der Waals surface area (Å²) in [6.07, 6.45) is 4.62. The van der Waals surface area contributed by atoms with Gasteiger partial charge < -0.3 is 4.74 Å². The molecule has 0 aliphatic carbocycles. The Morgan fingerprint density at radius 2 is 1.72 bits per heavy atom. The molecule has 0 radical (unpaired) electrons. The molecule has 1 aromatic carbocycles. The Kier molecular flexibility index (Phi) is 7.47. The summed E-state index contributed by atoms with van der Waals surface area (Å²) >= 11 is 1.34. The fraction of sp³-hybridized carbons (Fsp3) is 0.368. The van der Waals surface area contributed by atoms with Gasteiger partial charge in [0.05, 0.1) is 11.5 Å². The van der Waals surface area contributed by atoms with Crippen molar-refractivity contribution in [3.63, 3.8) is 0 Å². The Bertz CT molecular complexity index is 695. The SMILES string of the molecule is CCCCCCOc1ccc(C(=O)NNC(=O)c2sccc2C)cc1. The number of aryl methyl sites for hydroxylation is 1. The fourth-order valence-corrected chi connectivity index (χ4v) is 3.09. The van der Waals surface area contributed by atoms with Gasteiger partial charge in [-0.05, 0) is 54.6 Å². The first-order valence-electron chi connectivity index (χ1n) is 8.49. The zero-order valence-corrected chi connectivity index (χ0v) is 15.4. The lowest BCUT2D eigenvalue weighted by Gasteiger charge is -2.09. The average molecular weight is 360 g/mol. The molecule has 2 aromatic rings. The lowest BCUT2D eigenvalue weighted by Crippen LogP contribution is -2.41. The Morgan fingerprint density at radius 1 is 1.00 bits per heavy atom. The maximum absolute atomic E-state index is 12.1. The molecule has 5 nitrogen and oxygen atoms in total. The van der Waals surface area contributed by atoms with Gasteiger partial charge in [0.25, 0.3) is 11.8 Å². The van der Waals surface area contributed by atoms with Crippen molar-refractivity contribution in [1.82, 2.24) is 10.9 Å². The molecule has 0 saturated heterocycles. The molecule has 0 fully saturated rings. The van der Waals surface area contributed by atoms with Crippen molar-refractivity contribution in [1.29, 1.82) is 0 Å². The van der Waals surface area contributed by atoms with Crippen LogP contribution in [0.5, 0.6) is 5.75 Å². The number of nitrogens with one attached hydrogen (secondary N) is 2. The summed E-state index contributed by atoms with van der Waals surface area (Å²) in [6, 6.07) is 8.75. The van der Waals surface area contributed by atoms with Crippen LogP contribution in [0, 0.1) is 6.92 Å². The van der Waals surface area contributed by atoms with Crippen LogP contribution >= 0.6 is 11.3 Å². The molecule has 1 heterocycles. The maximum atomic E-state index is 12.1. The molecule has 1 aromatic heterocycles. The number of carbonyl (C=O) groups excluding carboxylic acids is 2. The Morgan fingerprint density at radius 3 is 2.36 bits per heavy atom. The summed E-state index contributed by atoms with van der Waals surface area (Å²) in [6.45, 7) is 4.71. The number of unbranched alkanes of at least 4 members (excludes halogenated alkanes) is 3. The fourth-order valence-electron chi connectivity index (χ4n) is 2.27. The van der Waals surface area contributed by atoms with Crippen molar-refractivity contribution in [3.8, 4) is 5.75 Å². The lowest BCUT2D eigenvalue weighted by molar-refractivity contribution is 0.0848. The highest BCUT2D eigenvalue weighted by Crippen LogP contribution is 2.15. The van der Waals surface area contributed by atoms with Crippen LogP contribution < -0.4 is 15.6 Å². The number of carbonyl (C=O) groups is 2. The Balaban J connectivity index is 1.78. The highest BCUT2D eigenvalue weighted by Gasteiger charge is 2.12. The second-order valence-electron chi connectivity index (χ2n) is 5.77. The van der Waals surface area contributed by atoms with Gasteiger partial charge in [-0.25, -0.2) is 0 Å². The van der Waals surface area contributed by atoms with Crippen LogP contribution in [0.15, 0.2) is 35.7 Å². The molecule has 2 amide bonds. The van der Waals surface area contributed by atoms with Crippen LogP contribution in [-0.2, 0) is 0 Å². The third-order valence-electron chi connectivity index (χ3n) is 3.74. The van der Waals surface area contributed by atoms with Gasteiger partial charge in [-0.2, -0.15) is 0 Å².